The molecule has 0 N–H and O–H groups in total. The second-order valence-electron chi connectivity index (χ2n) is 1.68. The molecule has 0 radical (unpaired) electrons. The predicted molar refractivity (Wildman–Crippen MR) is 39.0 cm³/mol. The Morgan fingerprint density at radius 3 is 2.90 bits per heavy atom. The van der Waals surface area contributed by atoms with Gasteiger partial charge in [0.2, 0.25) is 0 Å². The van der Waals surface area contributed by atoms with Gasteiger partial charge in [0.15, 0.2) is 0 Å². The van der Waals surface area contributed by atoms with Gasteiger partial charge in [-0.2, -0.15) is 0 Å². The molecule has 0 saturated heterocycles. The quantitative estimate of drug-likeness (QED) is 0.630. The topological polar surface area (TPSA) is 42.9 Å². The maximum absolute atomic E-state index is 11.0. The number of aromatic nitrogens is 2. The molecule has 0 saturated carbocycles. The Balaban J connectivity index is 2.85. The van der Waals surface area contributed by atoms with Gasteiger partial charge in [-0.1, -0.05) is 6.92 Å². The molecule has 0 spiro atoms. The van der Waals surface area contributed by atoms with Gasteiger partial charge >= 0.3 is 0 Å². The van der Waals surface area contributed by atoms with Gasteiger partial charge in [0.1, 0.15) is 5.03 Å². The van der Waals surface area contributed by atoms with Gasteiger partial charge in [0.05, 0.1) is 17.0 Å². The molecule has 0 aromatic carbocycles. The van der Waals surface area contributed by atoms with Crippen LogP contribution < -0.4 is 0 Å². The van der Waals surface area contributed by atoms with Gasteiger partial charge in [0, 0.05) is 18.1 Å². The Morgan fingerprint density at radius 2 is 2.40 bits per heavy atom. The van der Waals surface area contributed by atoms with Crippen molar-refractivity contribution in [3.8, 4) is 0 Å². The Labute approximate surface area is 62.0 Å². The van der Waals surface area contributed by atoms with Crippen LogP contribution in [0.15, 0.2) is 23.6 Å². The lowest BCUT2D eigenvalue weighted by Gasteiger charge is -1.93. The lowest BCUT2D eigenvalue weighted by Crippen LogP contribution is -1.96. The summed E-state index contributed by atoms with van der Waals surface area (Å²) < 4.78 is 11.0. The highest BCUT2D eigenvalue weighted by Crippen LogP contribution is 1.97. The second-order valence-corrected chi connectivity index (χ2v) is 3.36. The molecule has 0 aliphatic rings. The molecule has 1 aromatic rings. The summed E-state index contributed by atoms with van der Waals surface area (Å²) in [5.41, 5.74) is 0. The highest BCUT2D eigenvalue weighted by atomic mass is 32.2. The third kappa shape index (κ3) is 1.60. The fourth-order valence-electron chi connectivity index (χ4n) is 0.551. The Morgan fingerprint density at radius 1 is 1.60 bits per heavy atom. The normalized spacial score (nSPS) is 12.9. The Bertz CT molecular complexity index is 224. The average Bonchev–Trinajstić information content (AvgIpc) is 2.05. The largest absolute Gasteiger partial charge is 0.260 e. The summed E-state index contributed by atoms with van der Waals surface area (Å²) in [7, 11) is -0.964. The Hall–Kier alpha value is -0.770. The van der Waals surface area contributed by atoms with Crippen LogP contribution in [-0.4, -0.2) is 19.9 Å². The molecular weight excluding hydrogens is 148 g/mol. The summed E-state index contributed by atoms with van der Waals surface area (Å²) in [6.45, 7) is 1.85. The molecular formula is C6H8N2OS. The molecule has 54 valence electrons. The van der Waals surface area contributed by atoms with Crippen molar-refractivity contribution in [3.05, 3.63) is 18.6 Å². The van der Waals surface area contributed by atoms with E-state index in [0.29, 0.717) is 10.8 Å². The van der Waals surface area contributed by atoms with Crippen molar-refractivity contribution in [2.45, 2.75) is 11.9 Å². The lowest BCUT2D eigenvalue weighted by atomic mass is 10.8. The van der Waals surface area contributed by atoms with Crippen molar-refractivity contribution in [1.29, 1.82) is 0 Å². The van der Waals surface area contributed by atoms with E-state index in [1.54, 1.807) is 12.4 Å². The predicted octanol–water partition coefficient (Wildman–Crippen LogP) is 0.604. The Kier molecular flexibility index (Phi) is 2.50. The van der Waals surface area contributed by atoms with Crippen LogP contribution in [0.3, 0.4) is 0 Å². The SMILES string of the molecule is CCS(=O)c1cnccn1. The molecule has 1 atom stereocenters. The molecule has 1 heterocycles. The molecule has 3 nitrogen and oxygen atoms in total. The maximum Gasteiger partial charge on any atom is 0.145 e. The van der Waals surface area contributed by atoms with E-state index in [9.17, 15) is 4.21 Å². The van der Waals surface area contributed by atoms with Gasteiger partial charge < -0.3 is 0 Å². The molecule has 1 aromatic heterocycles. The standard InChI is InChI=1S/C6H8N2OS/c1-2-10(9)6-5-7-3-4-8-6/h3-5H,2H2,1H3. The van der Waals surface area contributed by atoms with E-state index in [1.807, 2.05) is 6.92 Å². The molecule has 0 bridgehead atoms. The molecule has 4 heteroatoms. The van der Waals surface area contributed by atoms with Gasteiger partial charge in [-0.15, -0.1) is 0 Å². The summed E-state index contributed by atoms with van der Waals surface area (Å²) in [4.78, 5) is 7.68. The first-order chi connectivity index (χ1) is 4.84. The second kappa shape index (κ2) is 3.41. The summed E-state index contributed by atoms with van der Waals surface area (Å²) in [6, 6.07) is 0. The van der Waals surface area contributed by atoms with Crippen LogP contribution in [0.5, 0.6) is 0 Å². The minimum Gasteiger partial charge on any atom is -0.260 e. The number of hydrogen-bond donors (Lipinski definition) is 0. The zero-order valence-corrected chi connectivity index (χ0v) is 6.47. The first-order valence-electron chi connectivity index (χ1n) is 2.99. The molecule has 10 heavy (non-hydrogen) atoms. The summed E-state index contributed by atoms with van der Waals surface area (Å²) in [6.07, 6.45) is 4.64. The van der Waals surface area contributed by atoms with Gasteiger partial charge in [-0.25, -0.2) is 4.98 Å². The van der Waals surface area contributed by atoms with Crippen molar-refractivity contribution >= 4 is 10.8 Å². The third-order valence-corrected chi connectivity index (χ3v) is 2.24. The number of rotatable bonds is 2. The summed E-state index contributed by atoms with van der Waals surface area (Å²) >= 11 is 0. The smallest absolute Gasteiger partial charge is 0.145 e. The van der Waals surface area contributed by atoms with E-state index in [1.165, 1.54) is 6.20 Å². The van der Waals surface area contributed by atoms with Gasteiger partial charge in [0.25, 0.3) is 0 Å². The fraction of sp³-hybridized carbons (Fsp3) is 0.333. The van der Waals surface area contributed by atoms with Crippen LogP contribution in [0.1, 0.15) is 6.92 Å². The van der Waals surface area contributed by atoms with E-state index in [0.717, 1.165) is 0 Å². The van der Waals surface area contributed by atoms with Crippen molar-refractivity contribution < 1.29 is 4.21 Å². The average molecular weight is 156 g/mol. The highest BCUT2D eigenvalue weighted by Gasteiger charge is 1.99. The number of nitrogens with zero attached hydrogens (tertiary/aromatic N) is 2. The van der Waals surface area contributed by atoms with Crippen LogP contribution >= 0.6 is 0 Å². The minimum absolute atomic E-state index is 0.560. The van der Waals surface area contributed by atoms with E-state index in [-0.39, 0.29) is 0 Å². The van der Waals surface area contributed by atoms with E-state index < -0.39 is 10.8 Å². The zero-order chi connectivity index (χ0) is 7.40. The van der Waals surface area contributed by atoms with Crippen molar-refractivity contribution in [2.75, 3.05) is 5.75 Å². The van der Waals surface area contributed by atoms with E-state index in [4.69, 9.17) is 0 Å². The van der Waals surface area contributed by atoms with Crippen LogP contribution in [0.2, 0.25) is 0 Å². The van der Waals surface area contributed by atoms with E-state index >= 15 is 0 Å². The first kappa shape index (κ1) is 7.34. The monoisotopic (exact) mass is 156 g/mol. The first-order valence-corrected chi connectivity index (χ1v) is 4.31. The summed E-state index contributed by atoms with van der Waals surface area (Å²) in [5.74, 6) is 0.596. The number of hydrogen-bond acceptors (Lipinski definition) is 3. The zero-order valence-electron chi connectivity index (χ0n) is 5.65. The molecule has 0 aliphatic heterocycles. The molecule has 1 rings (SSSR count). The molecule has 0 amide bonds. The molecule has 0 aliphatic carbocycles. The fourth-order valence-corrected chi connectivity index (χ4v) is 1.20. The van der Waals surface area contributed by atoms with E-state index in [2.05, 4.69) is 9.97 Å². The maximum atomic E-state index is 11.0. The minimum atomic E-state index is -0.964. The van der Waals surface area contributed by atoms with Crippen LogP contribution in [0.4, 0.5) is 0 Å². The lowest BCUT2D eigenvalue weighted by molar-refractivity contribution is 0.680. The van der Waals surface area contributed by atoms with Crippen LogP contribution in [-0.2, 0) is 10.8 Å². The van der Waals surface area contributed by atoms with Gasteiger partial charge in [-0.05, 0) is 0 Å². The summed E-state index contributed by atoms with van der Waals surface area (Å²) in [5, 5.41) is 0.560. The van der Waals surface area contributed by atoms with Gasteiger partial charge in [-0.3, -0.25) is 9.19 Å². The van der Waals surface area contributed by atoms with Crippen molar-refractivity contribution in [1.82, 2.24) is 9.97 Å². The van der Waals surface area contributed by atoms with Crippen molar-refractivity contribution in [3.63, 3.8) is 0 Å². The molecule has 1 unspecified atom stereocenters. The molecule has 0 fully saturated rings. The highest BCUT2D eigenvalue weighted by molar-refractivity contribution is 7.84. The van der Waals surface area contributed by atoms with Crippen LogP contribution in [0.25, 0.3) is 0 Å². The van der Waals surface area contributed by atoms with Crippen LogP contribution in [0, 0.1) is 0 Å². The van der Waals surface area contributed by atoms with Crippen molar-refractivity contribution in [2.24, 2.45) is 0 Å². The third-order valence-electron chi connectivity index (χ3n) is 1.03.